The summed E-state index contributed by atoms with van der Waals surface area (Å²) < 4.78 is 11.5. The molecule has 0 spiro atoms. The van der Waals surface area contributed by atoms with Gasteiger partial charge in [-0.25, -0.2) is 0 Å². The first-order chi connectivity index (χ1) is 12.1. The predicted octanol–water partition coefficient (Wildman–Crippen LogP) is 2.33. The molecular formula is C21H32N2O2. The highest BCUT2D eigenvalue weighted by Gasteiger charge is 2.59. The number of hydrogen-bond acceptors (Lipinski definition) is 4. The minimum Gasteiger partial charge on any atom is -0.379 e. The Bertz CT molecular complexity index is 556. The van der Waals surface area contributed by atoms with Crippen LogP contribution in [-0.4, -0.2) is 62.5 Å². The summed E-state index contributed by atoms with van der Waals surface area (Å²) >= 11 is 0. The van der Waals surface area contributed by atoms with Crippen molar-refractivity contribution in [2.45, 2.75) is 44.9 Å². The van der Waals surface area contributed by atoms with Crippen molar-refractivity contribution < 1.29 is 9.47 Å². The van der Waals surface area contributed by atoms with Crippen LogP contribution in [0.4, 0.5) is 0 Å². The maximum absolute atomic E-state index is 5.98. The van der Waals surface area contributed by atoms with E-state index in [4.69, 9.17) is 9.47 Å². The van der Waals surface area contributed by atoms with Crippen LogP contribution in [0.3, 0.4) is 0 Å². The predicted molar refractivity (Wildman–Crippen MR) is 99.7 cm³/mol. The molecule has 1 aromatic rings. The van der Waals surface area contributed by atoms with Gasteiger partial charge in [0, 0.05) is 49.7 Å². The Hall–Kier alpha value is -0.940. The highest BCUT2D eigenvalue weighted by Crippen LogP contribution is 2.52. The highest BCUT2D eigenvalue weighted by molar-refractivity contribution is 5.17. The molecule has 25 heavy (non-hydrogen) atoms. The summed E-state index contributed by atoms with van der Waals surface area (Å²) in [6.45, 7) is 10.6. The second-order valence-corrected chi connectivity index (χ2v) is 8.51. The molecule has 0 radical (unpaired) electrons. The van der Waals surface area contributed by atoms with Crippen LogP contribution >= 0.6 is 0 Å². The van der Waals surface area contributed by atoms with E-state index in [1.165, 1.54) is 12.0 Å². The summed E-state index contributed by atoms with van der Waals surface area (Å²) in [6.07, 6.45) is 2.75. The monoisotopic (exact) mass is 344 g/mol. The molecule has 3 fully saturated rings. The maximum atomic E-state index is 5.98. The topological polar surface area (TPSA) is 33.7 Å². The lowest BCUT2D eigenvalue weighted by molar-refractivity contribution is -0.116. The molecule has 138 valence electrons. The third-order valence-electron chi connectivity index (χ3n) is 6.42. The number of nitrogens with one attached hydrogen (secondary N) is 1. The zero-order valence-electron chi connectivity index (χ0n) is 15.6. The van der Waals surface area contributed by atoms with Gasteiger partial charge in [0.2, 0.25) is 0 Å². The van der Waals surface area contributed by atoms with Gasteiger partial charge >= 0.3 is 0 Å². The lowest BCUT2D eigenvalue weighted by Gasteiger charge is -2.56. The summed E-state index contributed by atoms with van der Waals surface area (Å²) in [6, 6.07) is 11.9. The standard InChI is InChI=1S/C21H32N2O2/c1-21(2)19(18-8-11-25-20(18)21)22-17(14-16-6-4-3-5-7-16)15-23-9-12-24-13-10-23/h3-7,17-20,22H,8-15H2,1-2H3/t17-,18-,19-,20+/m1/s1. The zero-order chi connectivity index (χ0) is 17.3. The van der Waals surface area contributed by atoms with Gasteiger partial charge in [0.25, 0.3) is 0 Å². The molecule has 2 aliphatic heterocycles. The van der Waals surface area contributed by atoms with Gasteiger partial charge in [-0.1, -0.05) is 44.2 Å². The smallest absolute Gasteiger partial charge is 0.0685 e. The first-order valence-corrected chi connectivity index (χ1v) is 9.86. The molecule has 0 amide bonds. The number of ether oxygens (including phenoxy) is 2. The van der Waals surface area contributed by atoms with Gasteiger partial charge in [-0.05, 0) is 18.4 Å². The molecule has 3 aliphatic rings. The Morgan fingerprint density at radius 3 is 2.68 bits per heavy atom. The molecule has 4 rings (SSSR count). The fourth-order valence-electron chi connectivity index (χ4n) is 5.09. The molecule has 1 aliphatic carbocycles. The van der Waals surface area contributed by atoms with E-state index in [1.54, 1.807) is 0 Å². The Labute approximate surface area is 151 Å². The molecule has 1 saturated carbocycles. The molecule has 4 heteroatoms. The number of morpholine rings is 1. The van der Waals surface area contributed by atoms with Gasteiger partial charge in [-0.3, -0.25) is 4.90 Å². The van der Waals surface area contributed by atoms with Crippen LogP contribution in [0.25, 0.3) is 0 Å². The first kappa shape index (κ1) is 17.5. The van der Waals surface area contributed by atoms with Crippen LogP contribution < -0.4 is 5.32 Å². The third kappa shape index (κ3) is 3.63. The molecular weight excluding hydrogens is 312 g/mol. The summed E-state index contributed by atoms with van der Waals surface area (Å²) in [4.78, 5) is 2.55. The van der Waals surface area contributed by atoms with Crippen molar-refractivity contribution in [3.05, 3.63) is 35.9 Å². The zero-order valence-corrected chi connectivity index (χ0v) is 15.6. The molecule has 2 heterocycles. The molecule has 4 atom stereocenters. The number of nitrogens with zero attached hydrogens (tertiary/aromatic N) is 1. The van der Waals surface area contributed by atoms with Gasteiger partial charge in [-0.2, -0.15) is 0 Å². The highest BCUT2D eigenvalue weighted by atomic mass is 16.5. The minimum atomic E-state index is 0.237. The van der Waals surface area contributed by atoms with Gasteiger partial charge in [0.05, 0.1) is 19.3 Å². The van der Waals surface area contributed by atoms with Gasteiger partial charge in [-0.15, -0.1) is 0 Å². The van der Waals surface area contributed by atoms with E-state index in [0.29, 0.717) is 24.1 Å². The molecule has 0 unspecified atom stereocenters. The number of benzene rings is 1. The van der Waals surface area contributed by atoms with E-state index >= 15 is 0 Å². The maximum Gasteiger partial charge on any atom is 0.0685 e. The largest absolute Gasteiger partial charge is 0.379 e. The van der Waals surface area contributed by atoms with E-state index in [9.17, 15) is 0 Å². The van der Waals surface area contributed by atoms with E-state index in [1.807, 2.05) is 0 Å². The second kappa shape index (κ2) is 7.36. The first-order valence-electron chi connectivity index (χ1n) is 9.86. The van der Waals surface area contributed by atoms with Crippen LogP contribution in [0.15, 0.2) is 30.3 Å². The van der Waals surface area contributed by atoms with Crippen LogP contribution in [0.1, 0.15) is 25.8 Å². The van der Waals surface area contributed by atoms with Crippen LogP contribution in [0.5, 0.6) is 0 Å². The van der Waals surface area contributed by atoms with Gasteiger partial charge in [0.1, 0.15) is 0 Å². The molecule has 0 bridgehead atoms. The van der Waals surface area contributed by atoms with Crippen LogP contribution in [0.2, 0.25) is 0 Å². The second-order valence-electron chi connectivity index (χ2n) is 8.51. The quantitative estimate of drug-likeness (QED) is 0.859. The Balaban J connectivity index is 1.44. The van der Waals surface area contributed by atoms with Crippen molar-refractivity contribution in [3.63, 3.8) is 0 Å². The normalized spacial score (nSPS) is 32.8. The Kier molecular flexibility index (Phi) is 5.14. The SMILES string of the molecule is CC1(C)[C@H](N[C@H](Cc2ccccc2)CN2CCOCC2)[C@H]2CCO[C@@H]21. The third-order valence-corrected chi connectivity index (χ3v) is 6.42. The molecule has 1 N–H and O–H groups in total. The fourth-order valence-corrected chi connectivity index (χ4v) is 5.09. The van der Waals surface area contributed by atoms with E-state index in [-0.39, 0.29) is 5.41 Å². The number of rotatable bonds is 6. The van der Waals surface area contributed by atoms with Crippen molar-refractivity contribution in [2.24, 2.45) is 11.3 Å². The van der Waals surface area contributed by atoms with Crippen LogP contribution in [-0.2, 0) is 15.9 Å². The average molecular weight is 344 g/mol. The molecule has 0 aromatic heterocycles. The van der Waals surface area contributed by atoms with Gasteiger partial charge < -0.3 is 14.8 Å². The Morgan fingerprint density at radius 1 is 1.16 bits per heavy atom. The Morgan fingerprint density at radius 2 is 1.92 bits per heavy atom. The average Bonchev–Trinajstić information content (AvgIpc) is 3.08. The lowest BCUT2D eigenvalue weighted by atomic mass is 9.57. The molecule has 4 nitrogen and oxygen atoms in total. The van der Waals surface area contributed by atoms with E-state index < -0.39 is 0 Å². The molecule has 1 aromatic carbocycles. The summed E-state index contributed by atoms with van der Waals surface area (Å²) in [5.41, 5.74) is 1.66. The minimum absolute atomic E-state index is 0.237. The van der Waals surface area contributed by atoms with Crippen LogP contribution in [0, 0.1) is 11.3 Å². The molecule has 2 saturated heterocycles. The van der Waals surface area contributed by atoms with Crippen molar-refractivity contribution in [1.82, 2.24) is 10.2 Å². The van der Waals surface area contributed by atoms with E-state index in [0.717, 1.165) is 45.9 Å². The van der Waals surface area contributed by atoms with Gasteiger partial charge in [0.15, 0.2) is 0 Å². The lowest BCUT2D eigenvalue weighted by Crippen LogP contribution is -2.68. The van der Waals surface area contributed by atoms with Crippen molar-refractivity contribution in [3.8, 4) is 0 Å². The fraction of sp³-hybridized carbons (Fsp3) is 0.714. The van der Waals surface area contributed by atoms with Crippen molar-refractivity contribution in [2.75, 3.05) is 39.5 Å². The summed E-state index contributed by atoms with van der Waals surface area (Å²) in [5, 5.41) is 4.05. The van der Waals surface area contributed by atoms with Crippen molar-refractivity contribution >= 4 is 0 Å². The number of fused-ring (bicyclic) bond motifs is 1. The number of hydrogen-bond donors (Lipinski definition) is 1. The summed E-state index contributed by atoms with van der Waals surface area (Å²) in [7, 11) is 0. The van der Waals surface area contributed by atoms with Crippen molar-refractivity contribution in [1.29, 1.82) is 0 Å². The summed E-state index contributed by atoms with van der Waals surface area (Å²) in [5.74, 6) is 0.693. The van der Waals surface area contributed by atoms with E-state index in [2.05, 4.69) is 54.4 Å².